The van der Waals surface area contributed by atoms with E-state index in [0.29, 0.717) is 0 Å². The lowest BCUT2D eigenvalue weighted by molar-refractivity contribution is -0.137. The molecule has 132 valence electrons. The molecule has 1 fully saturated rings. The molecule has 1 aliphatic rings. The monoisotopic (exact) mass is 340 g/mol. The molecule has 0 bridgehead atoms. The Morgan fingerprint density at radius 1 is 1.32 bits per heavy atom. The van der Waals surface area contributed by atoms with Crippen molar-refractivity contribution < 1.29 is 9.59 Å². The Kier molecular flexibility index (Phi) is 5.16. The lowest BCUT2D eigenvalue weighted by Gasteiger charge is -2.37. The molecule has 0 aliphatic carbocycles. The minimum absolute atomic E-state index is 0.0837. The summed E-state index contributed by atoms with van der Waals surface area (Å²) < 4.78 is 0. The summed E-state index contributed by atoms with van der Waals surface area (Å²) in [5.41, 5.74) is 7.33. The lowest BCUT2D eigenvalue weighted by atomic mass is 9.91. The van der Waals surface area contributed by atoms with Crippen LogP contribution in [0.15, 0.2) is 36.4 Å². The molecule has 1 aromatic carbocycles. The second-order valence-corrected chi connectivity index (χ2v) is 6.49. The van der Waals surface area contributed by atoms with Gasteiger partial charge >= 0.3 is 0 Å². The molecule has 25 heavy (non-hydrogen) atoms. The van der Waals surface area contributed by atoms with E-state index in [2.05, 4.69) is 10.2 Å². The molecule has 6 heteroatoms. The van der Waals surface area contributed by atoms with E-state index in [0.717, 1.165) is 43.5 Å². The number of aromatic amines is 1. The second kappa shape index (κ2) is 7.51. The molecule has 1 aliphatic heterocycles. The first kappa shape index (κ1) is 17.2. The molecule has 3 N–H and O–H groups in total. The molecule has 2 atom stereocenters. The number of hydrogen-bond acceptors (Lipinski definition) is 3. The molecule has 0 spiro atoms. The number of hydrogen-bond donors (Lipinski definition) is 2. The molecule has 0 radical (unpaired) electrons. The third-order valence-corrected chi connectivity index (χ3v) is 4.90. The van der Waals surface area contributed by atoms with Crippen LogP contribution in [0.3, 0.4) is 0 Å². The van der Waals surface area contributed by atoms with Gasteiger partial charge in [0.25, 0.3) is 5.91 Å². The van der Waals surface area contributed by atoms with Gasteiger partial charge in [-0.3, -0.25) is 14.7 Å². The van der Waals surface area contributed by atoms with E-state index in [4.69, 9.17) is 5.73 Å². The summed E-state index contributed by atoms with van der Waals surface area (Å²) in [6, 6.07) is 11.5. The summed E-state index contributed by atoms with van der Waals surface area (Å²) in [4.78, 5) is 26.5. The normalized spacial score (nSPS) is 18.8. The van der Waals surface area contributed by atoms with Crippen LogP contribution in [-0.2, 0) is 4.79 Å². The Labute approximate surface area is 147 Å². The average Bonchev–Trinajstić information content (AvgIpc) is 3.13. The maximum absolute atomic E-state index is 13.3. The van der Waals surface area contributed by atoms with Crippen molar-refractivity contribution >= 4 is 11.8 Å². The molecule has 3 rings (SSSR count). The smallest absolute Gasteiger partial charge is 0.269 e. The molecule has 1 saturated heterocycles. The third kappa shape index (κ3) is 3.57. The Morgan fingerprint density at radius 3 is 2.72 bits per heavy atom. The minimum Gasteiger partial charge on any atom is -0.364 e. The van der Waals surface area contributed by atoms with Gasteiger partial charge in [0.15, 0.2) is 0 Å². The van der Waals surface area contributed by atoms with Crippen molar-refractivity contribution in [1.82, 2.24) is 15.1 Å². The van der Waals surface area contributed by atoms with Gasteiger partial charge in [0.2, 0.25) is 5.91 Å². The van der Waals surface area contributed by atoms with Gasteiger partial charge in [-0.25, -0.2) is 0 Å². The number of nitrogens with one attached hydrogen (secondary N) is 1. The highest BCUT2D eigenvalue weighted by Crippen LogP contribution is 2.34. The van der Waals surface area contributed by atoms with Crippen LogP contribution in [0.4, 0.5) is 0 Å². The van der Waals surface area contributed by atoms with Crippen molar-refractivity contribution in [3.8, 4) is 0 Å². The van der Waals surface area contributed by atoms with Gasteiger partial charge in [0.1, 0.15) is 5.69 Å². The molecule has 2 amide bonds. The fraction of sp³-hybridized carbons (Fsp3) is 0.421. The maximum Gasteiger partial charge on any atom is 0.269 e. The van der Waals surface area contributed by atoms with Crippen LogP contribution in [0.2, 0.25) is 0 Å². The summed E-state index contributed by atoms with van der Waals surface area (Å²) >= 11 is 0. The molecular weight excluding hydrogens is 316 g/mol. The Hall–Kier alpha value is -2.63. The largest absolute Gasteiger partial charge is 0.364 e. The van der Waals surface area contributed by atoms with E-state index in [1.165, 1.54) is 0 Å². The zero-order chi connectivity index (χ0) is 17.8. The summed E-state index contributed by atoms with van der Waals surface area (Å²) in [6.45, 7) is 2.76. The number of H-pyrrole nitrogens is 1. The van der Waals surface area contributed by atoms with Crippen LogP contribution < -0.4 is 5.73 Å². The zero-order valence-corrected chi connectivity index (χ0v) is 14.4. The summed E-state index contributed by atoms with van der Waals surface area (Å²) in [5, 5.41) is 6.86. The number of benzene rings is 1. The molecule has 0 unspecified atom stereocenters. The van der Waals surface area contributed by atoms with Crippen molar-refractivity contribution in [3.05, 3.63) is 53.3 Å². The minimum atomic E-state index is -0.563. The van der Waals surface area contributed by atoms with Crippen molar-refractivity contribution in [3.63, 3.8) is 0 Å². The highest BCUT2D eigenvalue weighted by molar-refractivity contribution is 5.90. The SMILES string of the molecule is CC[C@@H](C(=O)N1CCCC[C@@H]1c1cc(C(N)=O)n[nH]1)c1ccccc1. The Bertz CT molecular complexity index is 741. The number of nitrogens with two attached hydrogens (primary N) is 1. The second-order valence-electron chi connectivity index (χ2n) is 6.49. The highest BCUT2D eigenvalue weighted by Gasteiger charge is 2.33. The summed E-state index contributed by atoms with van der Waals surface area (Å²) in [6.07, 6.45) is 3.64. The number of piperidine rings is 1. The fourth-order valence-corrected chi connectivity index (χ4v) is 3.59. The van der Waals surface area contributed by atoms with E-state index in [9.17, 15) is 9.59 Å². The molecular formula is C19H24N4O2. The predicted molar refractivity (Wildman–Crippen MR) is 94.9 cm³/mol. The van der Waals surface area contributed by atoms with Gasteiger partial charge in [-0.15, -0.1) is 0 Å². The number of amides is 2. The topological polar surface area (TPSA) is 92.1 Å². The standard InChI is InChI=1S/C19H24N4O2/c1-2-14(13-8-4-3-5-9-13)19(25)23-11-7-6-10-17(23)15-12-16(18(20)24)22-21-15/h3-5,8-9,12,14,17H,2,6-7,10-11H2,1H3,(H2,20,24)(H,21,22)/t14-,17-/m1/s1. The highest BCUT2D eigenvalue weighted by atomic mass is 16.2. The van der Waals surface area contributed by atoms with E-state index in [1.807, 2.05) is 42.2 Å². The first-order valence-electron chi connectivity index (χ1n) is 8.82. The maximum atomic E-state index is 13.3. The van der Waals surface area contributed by atoms with Crippen LogP contribution in [0.5, 0.6) is 0 Å². The zero-order valence-electron chi connectivity index (χ0n) is 14.4. The molecule has 1 aromatic heterocycles. The van der Waals surface area contributed by atoms with Crippen molar-refractivity contribution in [2.45, 2.75) is 44.6 Å². The van der Waals surface area contributed by atoms with E-state index in [1.54, 1.807) is 6.07 Å². The van der Waals surface area contributed by atoms with Gasteiger partial charge in [-0.05, 0) is 37.3 Å². The quantitative estimate of drug-likeness (QED) is 0.876. The number of likely N-dealkylation sites (tertiary alicyclic amines) is 1. The average molecular weight is 340 g/mol. The fourth-order valence-electron chi connectivity index (χ4n) is 3.59. The third-order valence-electron chi connectivity index (χ3n) is 4.90. The lowest BCUT2D eigenvalue weighted by Crippen LogP contribution is -2.41. The van der Waals surface area contributed by atoms with Gasteiger partial charge in [-0.1, -0.05) is 37.3 Å². The van der Waals surface area contributed by atoms with Crippen molar-refractivity contribution in [1.29, 1.82) is 0 Å². The van der Waals surface area contributed by atoms with Crippen LogP contribution in [0.25, 0.3) is 0 Å². The van der Waals surface area contributed by atoms with Crippen LogP contribution in [0.1, 0.15) is 66.3 Å². The van der Waals surface area contributed by atoms with Crippen molar-refractivity contribution in [2.75, 3.05) is 6.54 Å². The van der Waals surface area contributed by atoms with Crippen LogP contribution in [-0.4, -0.2) is 33.5 Å². The number of rotatable bonds is 5. The van der Waals surface area contributed by atoms with Gasteiger partial charge < -0.3 is 10.6 Å². The van der Waals surface area contributed by atoms with Gasteiger partial charge in [-0.2, -0.15) is 5.10 Å². The number of primary amides is 1. The van der Waals surface area contributed by atoms with E-state index >= 15 is 0 Å². The van der Waals surface area contributed by atoms with E-state index in [-0.39, 0.29) is 23.6 Å². The first-order chi connectivity index (χ1) is 12.1. The summed E-state index contributed by atoms with van der Waals surface area (Å²) in [5.74, 6) is -0.583. The van der Waals surface area contributed by atoms with Crippen LogP contribution >= 0.6 is 0 Å². The van der Waals surface area contributed by atoms with Gasteiger partial charge in [0.05, 0.1) is 17.7 Å². The number of carbonyl (C=O) groups is 2. The molecule has 0 saturated carbocycles. The Balaban J connectivity index is 1.86. The number of nitrogens with zero attached hydrogens (tertiary/aromatic N) is 2. The Morgan fingerprint density at radius 2 is 2.08 bits per heavy atom. The van der Waals surface area contributed by atoms with E-state index < -0.39 is 5.91 Å². The number of aromatic nitrogens is 2. The summed E-state index contributed by atoms with van der Waals surface area (Å²) in [7, 11) is 0. The molecule has 2 aromatic rings. The predicted octanol–water partition coefficient (Wildman–Crippen LogP) is 2.76. The van der Waals surface area contributed by atoms with Crippen molar-refractivity contribution in [2.24, 2.45) is 5.73 Å². The van der Waals surface area contributed by atoms with Gasteiger partial charge in [0, 0.05) is 6.54 Å². The number of carbonyl (C=O) groups excluding carboxylic acids is 2. The van der Waals surface area contributed by atoms with Crippen LogP contribution in [0, 0.1) is 0 Å². The molecule has 2 heterocycles. The first-order valence-corrected chi connectivity index (χ1v) is 8.82. The molecule has 6 nitrogen and oxygen atoms in total.